The SMILES string of the molecule is CNC(=O)C(Cc1ccccc1)NS(=O)(=O)c1ccc(OC)c(Cl)c1. The van der Waals surface area contributed by atoms with E-state index in [-0.39, 0.29) is 16.3 Å². The van der Waals surface area contributed by atoms with E-state index in [4.69, 9.17) is 16.3 Å². The van der Waals surface area contributed by atoms with Crippen molar-refractivity contribution in [1.29, 1.82) is 0 Å². The second-order valence-corrected chi connectivity index (χ2v) is 7.40. The number of nitrogens with one attached hydrogen (secondary N) is 2. The summed E-state index contributed by atoms with van der Waals surface area (Å²) in [6.45, 7) is 0. The molecule has 25 heavy (non-hydrogen) atoms. The molecule has 1 unspecified atom stereocenters. The third-order valence-corrected chi connectivity index (χ3v) is 5.34. The van der Waals surface area contributed by atoms with Gasteiger partial charge in [0.25, 0.3) is 0 Å². The molecule has 2 aromatic rings. The van der Waals surface area contributed by atoms with Crippen LogP contribution in [0.25, 0.3) is 0 Å². The van der Waals surface area contributed by atoms with E-state index in [0.29, 0.717) is 5.75 Å². The van der Waals surface area contributed by atoms with Gasteiger partial charge in [0.15, 0.2) is 0 Å². The van der Waals surface area contributed by atoms with Crippen LogP contribution >= 0.6 is 11.6 Å². The lowest BCUT2D eigenvalue weighted by Gasteiger charge is -2.18. The normalized spacial score (nSPS) is 12.4. The molecule has 8 heteroatoms. The largest absolute Gasteiger partial charge is 0.495 e. The molecule has 1 amide bonds. The zero-order valence-electron chi connectivity index (χ0n) is 13.8. The minimum atomic E-state index is -3.93. The molecule has 0 heterocycles. The topological polar surface area (TPSA) is 84.5 Å². The molecule has 0 spiro atoms. The summed E-state index contributed by atoms with van der Waals surface area (Å²) < 4.78 is 32.7. The van der Waals surface area contributed by atoms with E-state index in [1.807, 2.05) is 30.3 Å². The van der Waals surface area contributed by atoms with Crippen LogP contribution in [0.15, 0.2) is 53.4 Å². The molecule has 0 aromatic heterocycles. The number of carbonyl (C=O) groups excluding carboxylic acids is 1. The number of halogens is 1. The maximum atomic E-state index is 12.6. The van der Waals surface area contributed by atoms with Gasteiger partial charge in [0.05, 0.1) is 17.0 Å². The van der Waals surface area contributed by atoms with Gasteiger partial charge in [0.1, 0.15) is 11.8 Å². The molecule has 1 atom stereocenters. The fraction of sp³-hybridized carbons (Fsp3) is 0.235. The number of sulfonamides is 1. The molecule has 0 bridgehead atoms. The van der Waals surface area contributed by atoms with Gasteiger partial charge in [-0.15, -0.1) is 0 Å². The predicted molar refractivity (Wildman–Crippen MR) is 96.3 cm³/mol. The Bertz CT molecular complexity index is 841. The van der Waals surface area contributed by atoms with Gasteiger partial charge in [-0.05, 0) is 30.2 Å². The molecule has 2 aromatic carbocycles. The van der Waals surface area contributed by atoms with Gasteiger partial charge >= 0.3 is 0 Å². The van der Waals surface area contributed by atoms with Crippen molar-refractivity contribution >= 4 is 27.5 Å². The first-order valence-electron chi connectivity index (χ1n) is 7.48. The van der Waals surface area contributed by atoms with Gasteiger partial charge in [-0.3, -0.25) is 4.79 Å². The Morgan fingerprint density at radius 3 is 2.44 bits per heavy atom. The molecule has 2 rings (SSSR count). The first kappa shape index (κ1) is 19.2. The molecule has 0 aliphatic rings. The van der Waals surface area contributed by atoms with Crippen molar-refractivity contribution in [3.63, 3.8) is 0 Å². The van der Waals surface area contributed by atoms with Crippen LogP contribution in [0.3, 0.4) is 0 Å². The zero-order chi connectivity index (χ0) is 18.4. The van der Waals surface area contributed by atoms with E-state index in [1.54, 1.807) is 0 Å². The highest BCUT2D eigenvalue weighted by molar-refractivity contribution is 7.89. The Hall–Kier alpha value is -2.09. The van der Waals surface area contributed by atoms with Crippen LogP contribution in [0.4, 0.5) is 0 Å². The summed E-state index contributed by atoms with van der Waals surface area (Å²) in [5.74, 6) is -0.0557. The first-order chi connectivity index (χ1) is 11.9. The molecule has 2 N–H and O–H groups in total. The first-order valence-corrected chi connectivity index (χ1v) is 9.35. The number of amides is 1. The molecule has 0 saturated carbocycles. The van der Waals surface area contributed by atoms with Crippen LogP contribution in [0.2, 0.25) is 5.02 Å². The van der Waals surface area contributed by atoms with Gasteiger partial charge in [0, 0.05) is 7.05 Å². The van der Waals surface area contributed by atoms with E-state index < -0.39 is 22.0 Å². The van der Waals surface area contributed by atoms with E-state index in [9.17, 15) is 13.2 Å². The monoisotopic (exact) mass is 382 g/mol. The van der Waals surface area contributed by atoms with E-state index >= 15 is 0 Å². The predicted octanol–water partition coefficient (Wildman–Crippen LogP) is 1.98. The van der Waals surface area contributed by atoms with E-state index in [1.165, 1.54) is 32.4 Å². The number of methoxy groups -OCH3 is 1. The average molecular weight is 383 g/mol. The molecule has 0 saturated heterocycles. The van der Waals surface area contributed by atoms with Crippen LogP contribution in [0, 0.1) is 0 Å². The number of carbonyl (C=O) groups is 1. The maximum Gasteiger partial charge on any atom is 0.241 e. The lowest BCUT2D eigenvalue weighted by Crippen LogP contribution is -2.46. The van der Waals surface area contributed by atoms with Gasteiger partial charge in [-0.25, -0.2) is 8.42 Å². The molecule has 0 aliphatic carbocycles. The Labute approximate surface area is 152 Å². The summed E-state index contributed by atoms with van der Waals surface area (Å²) >= 11 is 6.00. The summed E-state index contributed by atoms with van der Waals surface area (Å²) in [4.78, 5) is 12.1. The zero-order valence-corrected chi connectivity index (χ0v) is 15.4. The maximum absolute atomic E-state index is 12.6. The Morgan fingerprint density at radius 1 is 1.20 bits per heavy atom. The van der Waals surface area contributed by atoms with Gasteiger partial charge < -0.3 is 10.1 Å². The Kier molecular flexibility index (Phi) is 6.41. The number of hydrogen-bond donors (Lipinski definition) is 2. The third kappa shape index (κ3) is 4.94. The lowest BCUT2D eigenvalue weighted by atomic mass is 10.1. The standard InChI is InChI=1S/C17H19ClN2O4S/c1-19-17(21)15(10-12-6-4-3-5-7-12)20-25(22,23)13-8-9-16(24-2)14(18)11-13/h3-9,11,15,20H,10H2,1-2H3,(H,19,21). The number of benzene rings is 2. The molecule has 0 fully saturated rings. The number of ether oxygens (including phenoxy) is 1. The number of rotatable bonds is 7. The van der Waals surface area contributed by atoms with Crippen LogP contribution in [-0.2, 0) is 21.2 Å². The second-order valence-electron chi connectivity index (χ2n) is 5.27. The van der Waals surface area contributed by atoms with Crippen LogP contribution in [-0.4, -0.2) is 34.5 Å². The van der Waals surface area contributed by atoms with Crippen molar-refractivity contribution < 1.29 is 17.9 Å². The average Bonchev–Trinajstić information content (AvgIpc) is 2.61. The Balaban J connectivity index is 2.27. The quantitative estimate of drug-likeness (QED) is 0.766. The van der Waals surface area contributed by atoms with E-state index in [2.05, 4.69) is 10.0 Å². The number of hydrogen-bond acceptors (Lipinski definition) is 4. The minimum Gasteiger partial charge on any atom is -0.495 e. The number of likely N-dealkylation sites (N-methyl/N-ethyl adjacent to an activating group) is 1. The van der Waals surface area contributed by atoms with Gasteiger partial charge in [0.2, 0.25) is 15.9 Å². The summed E-state index contributed by atoms with van der Waals surface area (Å²) in [6.07, 6.45) is 0.226. The summed E-state index contributed by atoms with van der Waals surface area (Å²) in [7, 11) is -1.04. The highest BCUT2D eigenvalue weighted by Gasteiger charge is 2.26. The molecule has 0 radical (unpaired) electrons. The van der Waals surface area contributed by atoms with Gasteiger partial charge in [-0.1, -0.05) is 41.9 Å². The summed E-state index contributed by atoms with van der Waals surface area (Å²) in [6, 6.07) is 12.3. The van der Waals surface area contributed by atoms with Crippen LogP contribution < -0.4 is 14.8 Å². The third-order valence-electron chi connectivity index (χ3n) is 3.58. The van der Waals surface area contributed by atoms with Crippen molar-refractivity contribution in [2.24, 2.45) is 0 Å². The molecular weight excluding hydrogens is 364 g/mol. The highest BCUT2D eigenvalue weighted by Crippen LogP contribution is 2.27. The fourth-order valence-corrected chi connectivity index (χ4v) is 3.83. The molecule has 0 aliphatic heterocycles. The van der Waals surface area contributed by atoms with Crippen molar-refractivity contribution in [3.8, 4) is 5.75 Å². The second kappa shape index (κ2) is 8.33. The minimum absolute atomic E-state index is 0.0414. The fourth-order valence-electron chi connectivity index (χ4n) is 2.28. The summed E-state index contributed by atoms with van der Waals surface area (Å²) in [5, 5.41) is 2.65. The Morgan fingerprint density at radius 2 is 1.88 bits per heavy atom. The molecular formula is C17H19ClN2O4S. The summed E-state index contributed by atoms with van der Waals surface area (Å²) in [5.41, 5.74) is 0.839. The van der Waals surface area contributed by atoms with Crippen LogP contribution in [0.1, 0.15) is 5.56 Å². The van der Waals surface area contributed by atoms with Crippen molar-refractivity contribution in [3.05, 3.63) is 59.1 Å². The molecule has 134 valence electrons. The van der Waals surface area contributed by atoms with E-state index in [0.717, 1.165) is 5.56 Å². The van der Waals surface area contributed by atoms with Crippen molar-refractivity contribution in [2.75, 3.05) is 14.2 Å². The van der Waals surface area contributed by atoms with Crippen molar-refractivity contribution in [1.82, 2.24) is 10.0 Å². The van der Waals surface area contributed by atoms with Crippen LogP contribution in [0.5, 0.6) is 5.75 Å². The van der Waals surface area contributed by atoms with Gasteiger partial charge in [-0.2, -0.15) is 4.72 Å². The highest BCUT2D eigenvalue weighted by atomic mass is 35.5. The van der Waals surface area contributed by atoms with Crippen molar-refractivity contribution in [2.45, 2.75) is 17.4 Å². The molecule has 6 nitrogen and oxygen atoms in total. The lowest BCUT2D eigenvalue weighted by molar-refractivity contribution is -0.122. The smallest absolute Gasteiger partial charge is 0.241 e.